The second-order valence-corrected chi connectivity index (χ2v) is 6.59. The van der Waals surface area contributed by atoms with Gasteiger partial charge in [-0.05, 0) is 29.8 Å². The molecule has 0 atom stereocenters. The van der Waals surface area contributed by atoms with Gasteiger partial charge in [-0.3, -0.25) is 0 Å². The van der Waals surface area contributed by atoms with Gasteiger partial charge in [-0.25, -0.2) is 9.37 Å². The summed E-state index contributed by atoms with van der Waals surface area (Å²) in [6.07, 6.45) is 1.72. The van der Waals surface area contributed by atoms with Crippen LogP contribution in [0.25, 0.3) is 0 Å². The van der Waals surface area contributed by atoms with Crippen LogP contribution in [0.4, 0.5) is 21.8 Å². The quantitative estimate of drug-likeness (QED) is 0.452. The number of anilines is 3. The predicted octanol–water partition coefficient (Wildman–Crippen LogP) is 5.57. The minimum absolute atomic E-state index is 0.244. The Morgan fingerprint density at radius 3 is 2.24 bits per heavy atom. The van der Waals surface area contributed by atoms with Gasteiger partial charge in [0, 0.05) is 30.5 Å². The summed E-state index contributed by atoms with van der Waals surface area (Å²) < 4.78 is 13.9. The topological polar surface area (TPSA) is 41.1 Å². The lowest BCUT2D eigenvalue weighted by atomic mass is 10.2. The highest BCUT2D eigenvalue weighted by Gasteiger charge is 2.13. The van der Waals surface area contributed by atoms with Gasteiger partial charge in [0.25, 0.3) is 0 Å². The highest BCUT2D eigenvalue weighted by Crippen LogP contribution is 2.26. The zero-order chi connectivity index (χ0) is 19.9. The number of halogens is 1. The molecule has 0 aliphatic heterocycles. The molecule has 0 unspecified atom stereocenters. The van der Waals surface area contributed by atoms with Crippen molar-refractivity contribution in [2.75, 3.05) is 10.2 Å². The van der Waals surface area contributed by atoms with Crippen LogP contribution < -0.4 is 10.2 Å². The van der Waals surface area contributed by atoms with Crippen LogP contribution >= 0.6 is 0 Å². The Bertz CT molecular complexity index is 1050. The predicted molar refractivity (Wildman–Crippen MR) is 114 cm³/mol. The SMILES string of the molecule is Fc1ccccc1CNc1nccc(N(Cc2ccccc2)c2ccccc2)n1. The van der Waals surface area contributed by atoms with E-state index in [1.807, 2.05) is 48.5 Å². The van der Waals surface area contributed by atoms with Crippen LogP contribution in [-0.4, -0.2) is 9.97 Å². The maximum Gasteiger partial charge on any atom is 0.224 e. The number of para-hydroxylation sites is 1. The number of aromatic nitrogens is 2. The van der Waals surface area contributed by atoms with Crippen LogP contribution in [0.15, 0.2) is 97.2 Å². The molecule has 1 aromatic heterocycles. The lowest BCUT2D eigenvalue weighted by Crippen LogP contribution is -2.18. The first kappa shape index (κ1) is 18.6. The summed E-state index contributed by atoms with van der Waals surface area (Å²) in [6, 6.07) is 28.9. The van der Waals surface area contributed by atoms with E-state index in [9.17, 15) is 4.39 Å². The minimum atomic E-state index is -0.244. The molecule has 1 heterocycles. The summed E-state index contributed by atoms with van der Waals surface area (Å²) in [5, 5.41) is 3.12. The van der Waals surface area contributed by atoms with E-state index in [0.717, 1.165) is 11.5 Å². The van der Waals surface area contributed by atoms with Crippen LogP contribution in [0.3, 0.4) is 0 Å². The molecule has 0 saturated carbocycles. The molecule has 144 valence electrons. The third-order valence-corrected chi connectivity index (χ3v) is 4.56. The Labute approximate surface area is 169 Å². The van der Waals surface area contributed by atoms with Gasteiger partial charge in [-0.15, -0.1) is 0 Å². The molecule has 0 fully saturated rings. The maximum atomic E-state index is 13.9. The van der Waals surface area contributed by atoms with Crippen LogP contribution in [0.2, 0.25) is 0 Å². The summed E-state index contributed by atoms with van der Waals surface area (Å²) in [6.45, 7) is 0.995. The fraction of sp³-hybridized carbons (Fsp3) is 0.0833. The first-order chi connectivity index (χ1) is 14.3. The smallest absolute Gasteiger partial charge is 0.224 e. The van der Waals surface area contributed by atoms with E-state index in [2.05, 4.69) is 44.5 Å². The summed E-state index contributed by atoms with van der Waals surface area (Å²) in [4.78, 5) is 11.1. The Balaban J connectivity index is 1.59. The molecular weight excluding hydrogens is 363 g/mol. The van der Waals surface area contributed by atoms with Crippen LogP contribution in [-0.2, 0) is 13.1 Å². The van der Waals surface area contributed by atoms with Gasteiger partial charge < -0.3 is 10.2 Å². The first-order valence-electron chi connectivity index (χ1n) is 9.46. The Hall–Kier alpha value is -3.73. The fourth-order valence-electron chi connectivity index (χ4n) is 3.08. The first-order valence-corrected chi connectivity index (χ1v) is 9.46. The standard InChI is InChI=1S/C24H21FN4/c25-22-14-8-7-11-20(22)17-27-24-26-16-15-23(28-24)29(21-12-5-2-6-13-21)18-19-9-3-1-4-10-19/h1-16H,17-18H2,(H,26,27,28). The highest BCUT2D eigenvalue weighted by atomic mass is 19.1. The molecule has 5 heteroatoms. The molecule has 0 aliphatic carbocycles. The fourth-order valence-corrected chi connectivity index (χ4v) is 3.08. The highest BCUT2D eigenvalue weighted by molar-refractivity contribution is 5.60. The van der Waals surface area contributed by atoms with E-state index in [1.54, 1.807) is 18.3 Å². The molecule has 4 rings (SSSR count). The monoisotopic (exact) mass is 384 g/mol. The lowest BCUT2D eigenvalue weighted by Gasteiger charge is -2.24. The Morgan fingerprint density at radius 1 is 0.793 bits per heavy atom. The molecule has 0 amide bonds. The van der Waals surface area contributed by atoms with Crippen molar-refractivity contribution in [2.24, 2.45) is 0 Å². The molecule has 0 spiro atoms. The van der Waals surface area contributed by atoms with E-state index in [4.69, 9.17) is 0 Å². The molecule has 4 aromatic rings. The van der Waals surface area contributed by atoms with Crippen molar-refractivity contribution in [2.45, 2.75) is 13.1 Å². The van der Waals surface area contributed by atoms with Crippen molar-refractivity contribution >= 4 is 17.5 Å². The second kappa shape index (κ2) is 8.97. The minimum Gasteiger partial charge on any atom is -0.350 e. The van der Waals surface area contributed by atoms with Crippen molar-refractivity contribution in [1.82, 2.24) is 9.97 Å². The lowest BCUT2D eigenvalue weighted by molar-refractivity contribution is 0.612. The van der Waals surface area contributed by atoms with Crippen LogP contribution in [0.5, 0.6) is 0 Å². The van der Waals surface area contributed by atoms with Gasteiger partial charge >= 0.3 is 0 Å². The number of benzene rings is 3. The van der Waals surface area contributed by atoms with Gasteiger partial charge in [-0.2, -0.15) is 4.98 Å². The van der Waals surface area contributed by atoms with Crippen molar-refractivity contribution in [3.05, 3.63) is 114 Å². The van der Waals surface area contributed by atoms with Gasteiger partial charge in [-0.1, -0.05) is 66.7 Å². The molecule has 0 bridgehead atoms. The van der Waals surface area contributed by atoms with Crippen molar-refractivity contribution in [3.8, 4) is 0 Å². The zero-order valence-corrected chi connectivity index (χ0v) is 15.9. The van der Waals surface area contributed by atoms with E-state index < -0.39 is 0 Å². The summed E-state index contributed by atoms with van der Waals surface area (Å²) in [7, 11) is 0. The molecule has 1 N–H and O–H groups in total. The number of hydrogen-bond acceptors (Lipinski definition) is 4. The van der Waals surface area contributed by atoms with E-state index in [0.29, 0.717) is 24.6 Å². The third-order valence-electron chi connectivity index (χ3n) is 4.56. The molecular formula is C24H21FN4. The van der Waals surface area contributed by atoms with E-state index in [1.165, 1.54) is 11.6 Å². The average molecular weight is 384 g/mol. The number of nitrogens with one attached hydrogen (secondary N) is 1. The zero-order valence-electron chi connectivity index (χ0n) is 15.9. The molecule has 0 radical (unpaired) electrons. The van der Waals surface area contributed by atoms with Crippen LogP contribution in [0.1, 0.15) is 11.1 Å². The van der Waals surface area contributed by atoms with Gasteiger partial charge in [0.1, 0.15) is 11.6 Å². The third kappa shape index (κ3) is 4.76. The largest absolute Gasteiger partial charge is 0.350 e. The summed E-state index contributed by atoms with van der Waals surface area (Å²) in [5.74, 6) is 0.983. The van der Waals surface area contributed by atoms with Gasteiger partial charge in [0.2, 0.25) is 5.95 Å². The molecule has 0 aliphatic rings. The summed E-state index contributed by atoms with van der Waals surface area (Å²) in [5.41, 5.74) is 2.79. The second-order valence-electron chi connectivity index (χ2n) is 6.59. The average Bonchev–Trinajstić information content (AvgIpc) is 2.78. The van der Waals surface area contributed by atoms with E-state index in [-0.39, 0.29) is 5.82 Å². The summed E-state index contributed by atoms with van der Waals surface area (Å²) >= 11 is 0. The number of hydrogen-bond donors (Lipinski definition) is 1. The Kier molecular flexibility index (Phi) is 5.76. The van der Waals surface area contributed by atoms with Crippen LogP contribution in [0, 0.1) is 5.82 Å². The molecule has 4 nitrogen and oxygen atoms in total. The normalized spacial score (nSPS) is 10.5. The maximum absolute atomic E-state index is 13.9. The van der Waals surface area contributed by atoms with Crippen molar-refractivity contribution in [1.29, 1.82) is 0 Å². The van der Waals surface area contributed by atoms with Crippen molar-refractivity contribution < 1.29 is 4.39 Å². The molecule has 3 aromatic carbocycles. The number of rotatable bonds is 7. The molecule has 29 heavy (non-hydrogen) atoms. The van der Waals surface area contributed by atoms with Gasteiger partial charge in [0.15, 0.2) is 0 Å². The Morgan fingerprint density at radius 2 is 1.48 bits per heavy atom. The van der Waals surface area contributed by atoms with E-state index >= 15 is 0 Å². The van der Waals surface area contributed by atoms with Gasteiger partial charge in [0.05, 0.1) is 0 Å². The van der Waals surface area contributed by atoms with Crippen molar-refractivity contribution in [3.63, 3.8) is 0 Å². The number of nitrogens with zero attached hydrogens (tertiary/aromatic N) is 3. The molecule has 0 saturated heterocycles.